The Morgan fingerprint density at radius 1 is 0.886 bits per heavy atom. The average molecular weight is 624 g/mol. The molecule has 44 heavy (non-hydrogen) atoms. The number of rotatable bonds is 5. The smallest absolute Gasteiger partial charge is 0.393 e. The number of carbonyl (C=O) groups is 1. The third-order valence-corrected chi connectivity index (χ3v) is 8.83. The molecule has 0 saturated carbocycles. The van der Waals surface area contributed by atoms with E-state index in [9.17, 15) is 40.6 Å². The Labute approximate surface area is 250 Å². The van der Waals surface area contributed by atoms with Gasteiger partial charge < -0.3 is 14.9 Å². The SMILES string of the molecule is Cc1cc(F)ccc1-c1cc(N2[C@@H]3CC[C@H]2C[C@H](O)C3)ncc1N(C)C(=O)C(C)(C)c1cc(C(F)(F)F)cc(C(F)(F)F)c1. The van der Waals surface area contributed by atoms with Crippen LogP contribution >= 0.6 is 0 Å². The van der Waals surface area contributed by atoms with Crippen LogP contribution in [0.3, 0.4) is 0 Å². The Kier molecular flexibility index (Phi) is 7.97. The number of amides is 1. The van der Waals surface area contributed by atoms with Gasteiger partial charge in [-0.15, -0.1) is 0 Å². The molecule has 0 spiro atoms. The number of likely N-dealkylation sites (N-methyl/N-ethyl adjacent to an activating group) is 1. The first-order valence-electron chi connectivity index (χ1n) is 14.2. The number of aryl methyl sites for hydroxylation is 1. The van der Waals surface area contributed by atoms with E-state index >= 15 is 0 Å². The number of piperidine rings is 1. The van der Waals surface area contributed by atoms with E-state index in [0.717, 1.165) is 17.7 Å². The number of aliphatic hydroxyl groups excluding tert-OH is 1. The number of nitrogens with zero attached hydrogens (tertiary/aromatic N) is 3. The first-order chi connectivity index (χ1) is 20.4. The van der Waals surface area contributed by atoms with Crippen LogP contribution in [0.15, 0.2) is 48.7 Å². The van der Waals surface area contributed by atoms with Crippen molar-refractivity contribution in [2.45, 2.75) is 82.4 Å². The lowest BCUT2D eigenvalue weighted by atomic mass is 9.81. The number of alkyl halides is 6. The number of fused-ring (bicyclic) bond motifs is 2. The minimum atomic E-state index is -5.07. The lowest BCUT2D eigenvalue weighted by molar-refractivity contribution is -0.143. The summed E-state index contributed by atoms with van der Waals surface area (Å²) in [5, 5.41) is 10.3. The Hall–Kier alpha value is -3.67. The first kappa shape index (κ1) is 31.7. The third kappa shape index (κ3) is 5.88. The topological polar surface area (TPSA) is 56.7 Å². The van der Waals surface area contributed by atoms with E-state index in [-0.39, 0.29) is 23.8 Å². The van der Waals surface area contributed by atoms with Gasteiger partial charge in [-0.25, -0.2) is 9.37 Å². The molecule has 0 aliphatic carbocycles. The van der Waals surface area contributed by atoms with Crippen LogP contribution < -0.4 is 9.80 Å². The van der Waals surface area contributed by atoms with Crippen molar-refractivity contribution < 1.29 is 40.6 Å². The molecular formula is C32H32F7N3O2. The summed E-state index contributed by atoms with van der Waals surface area (Å²) in [4.78, 5) is 21.9. The second-order valence-electron chi connectivity index (χ2n) is 12.2. The molecule has 0 radical (unpaired) electrons. The molecule has 1 aromatic heterocycles. The molecule has 2 aromatic carbocycles. The zero-order valence-electron chi connectivity index (χ0n) is 24.5. The molecule has 1 N–H and O–H groups in total. The van der Waals surface area contributed by atoms with Crippen LogP contribution in [0.5, 0.6) is 0 Å². The van der Waals surface area contributed by atoms with E-state index in [0.29, 0.717) is 47.5 Å². The van der Waals surface area contributed by atoms with Gasteiger partial charge in [-0.3, -0.25) is 4.79 Å². The van der Waals surface area contributed by atoms with Gasteiger partial charge in [-0.05, 0) is 99.5 Å². The molecule has 0 unspecified atom stereocenters. The van der Waals surface area contributed by atoms with E-state index in [1.165, 1.54) is 39.2 Å². The summed E-state index contributed by atoms with van der Waals surface area (Å²) in [6, 6.07) is 7.18. The highest BCUT2D eigenvalue weighted by molar-refractivity contribution is 6.03. The number of aromatic nitrogens is 1. The highest BCUT2D eigenvalue weighted by atomic mass is 19.4. The lowest BCUT2D eigenvalue weighted by Crippen LogP contribution is -2.45. The maximum absolute atomic E-state index is 14.1. The Balaban J connectivity index is 1.60. The van der Waals surface area contributed by atoms with Gasteiger partial charge in [-0.2, -0.15) is 26.3 Å². The van der Waals surface area contributed by atoms with Crippen molar-refractivity contribution in [2.75, 3.05) is 16.8 Å². The van der Waals surface area contributed by atoms with E-state index in [1.807, 2.05) is 0 Å². The fourth-order valence-corrected chi connectivity index (χ4v) is 6.48. The van der Waals surface area contributed by atoms with Crippen LogP contribution in [0.1, 0.15) is 61.8 Å². The number of pyridine rings is 1. The van der Waals surface area contributed by atoms with Crippen LogP contribution in [0, 0.1) is 12.7 Å². The van der Waals surface area contributed by atoms with Gasteiger partial charge in [0.1, 0.15) is 11.6 Å². The highest BCUT2D eigenvalue weighted by Crippen LogP contribution is 2.44. The quantitative estimate of drug-likeness (QED) is 0.297. The van der Waals surface area contributed by atoms with Gasteiger partial charge in [0.25, 0.3) is 0 Å². The second-order valence-corrected chi connectivity index (χ2v) is 12.2. The summed E-state index contributed by atoms with van der Waals surface area (Å²) in [6.07, 6.45) is -6.21. The third-order valence-electron chi connectivity index (χ3n) is 8.83. The number of anilines is 2. The predicted octanol–water partition coefficient (Wildman–Crippen LogP) is 7.67. The van der Waals surface area contributed by atoms with Crippen molar-refractivity contribution in [2.24, 2.45) is 0 Å². The van der Waals surface area contributed by atoms with Crippen LogP contribution in [-0.2, 0) is 22.6 Å². The molecule has 2 aliphatic heterocycles. The molecule has 2 aliphatic rings. The fraction of sp³-hybridized carbons (Fsp3) is 0.438. The zero-order valence-corrected chi connectivity index (χ0v) is 24.5. The first-order valence-corrected chi connectivity index (χ1v) is 14.2. The van der Waals surface area contributed by atoms with Crippen molar-refractivity contribution in [3.05, 3.63) is 76.7 Å². The summed E-state index contributed by atoms with van der Waals surface area (Å²) in [5.41, 5.74) is -3.45. The molecule has 2 bridgehead atoms. The van der Waals surface area contributed by atoms with Crippen LogP contribution in [0.4, 0.5) is 42.2 Å². The summed E-state index contributed by atoms with van der Waals surface area (Å²) in [7, 11) is 1.38. The summed E-state index contributed by atoms with van der Waals surface area (Å²) in [6.45, 7) is 4.22. The van der Waals surface area contributed by atoms with Gasteiger partial charge in [0.2, 0.25) is 5.91 Å². The maximum Gasteiger partial charge on any atom is 0.416 e. The van der Waals surface area contributed by atoms with Gasteiger partial charge in [0, 0.05) is 24.7 Å². The molecule has 1 amide bonds. The standard InChI is InChI=1S/C32H32F7N3O2/c1-17-9-21(33)5-8-25(17)26-15-28(42-22-6-7-23(42)14-24(43)13-22)40-16-27(26)41(4)29(44)30(2,3)18-10-19(31(34,35)36)12-20(11-18)32(37,38)39/h5,8-12,15-16,22-24,43H,6-7,13-14H2,1-4H3/t22-,23+,24-. The van der Waals surface area contributed by atoms with Crippen LogP contribution in [0.25, 0.3) is 11.1 Å². The van der Waals surface area contributed by atoms with Crippen molar-refractivity contribution >= 4 is 17.4 Å². The number of hydrogen-bond donors (Lipinski definition) is 1. The number of aliphatic hydroxyl groups is 1. The molecule has 2 saturated heterocycles. The number of benzene rings is 2. The normalized spacial score (nSPS) is 20.6. The average Bonchev–Trinajstić information content (AvgIpc) is 3.21. The van der Waals surface area contributed by atoms with Gasteiger partial charge in [-0.1, -0.05) is 6.07 Å². The fourth-order valence-electron chi connectivity index (χ4n) is 6.48. The molecule has 3 heterocycles. The lowest BCUT2D eigenvalue weighted by Gasteiger charge is -2.38. The van der Waals surface area contributed by atoms with E-state index in [1.54, 1.807) is 19.1 Å². The van der Waals surface area contributed by atoms with Gasteiger partial charge >= 0.3 is 12.4 Å². The Morgan fingerprint density at radius 2 is 1.43 bits per heavy atom. The molecule has 5 rings (SSSR count). The highest BCUT2D eigenvalue weighted by Gasteiger charge is 2.43. The van der Waals surface area contributed by atoms with Crippen molar-refractivity contribution in [1.29, 1.82) is 0 Å². The molecule has 2 fully saturated rings. The molecular weight excluding hydrogens is 591 g/mol. The zero-order chi connectivity index (χ0) is 32.4. The number of hydrogen-bond acceptors (Lipinski definition) is 4. The monoisotopic (exact) mass is 623 g/mol. The Bertz CT molecular complexity index is 1540. The summed E-state index contributed by atoms with van der Waals surface area (Å²) in [5.74, 6) is -0.651. The summed E-state index contributed by atoms with van der Waals surface area (Å²) < 4.78 is 95.8. The van der Waals surface area contributed by atoms with Crippen molar-refractivity contribution in [1.82, 2.24) is 4.98 Å². The molecule has 3 atom stereocenters. The van der Waals surface area contributed by atoms with Crippen LogP contribution in [0.2, 0.25) is 0 Å². The molecule has 5 nitrogen and oxygen atoms in total. The maximum atomic E-state index is 14.1. The van der Waals surface area contributed by atoms with Crippen molar-refractivity contribution in [3.63, 3.8) is 0 Å². The molecule has 236 valence electrons. The largest absolute Gasteiger partial charge is 0.416 e. The number of halogens is 7. The van der Waals surface area contributed by atoms with Crippen molar-refractivity contribution in [3.8, 4) is 11.1 Å². The van der Waals surface area contributed by atoms with Gasteiger partial charge in [0.15, 0.2) is 0 Å². The van der Waals surface area contributed by atoms with Gasteiger partial charge in [0.05, 0.1) is 34.5 Å². The van der Waals surface area contributed by atoms with E-state index < -0.39 is 52.3 Å². The summed E-state index contributed by atoms with van der Waals surface area (Å²) >= 11 is 0. The van der Waals surface area contributed by atoms with E-state index in [4.69, 9.17) is 0 Å². The predicted molar refractivity (Wildman–Crippen MR) is 152 cm³/mol. The second kappa shape index (κ2) is 11.0. The van der Waals surface area contributed by atoms with Crippen LogP contribution in [-0.4, -0.2) is 41.2 Å². The minimum absolute atomic E-state index is 0.0263. The number of carbonyl (C=O) groups excluding carboxylic acids is 1. The molecule has 3 aromatic rings. The van der Waals surface area contributed by atoms with E-state index in [2.05, 4.69) is 9.88 Å². The minimum Gasteiger partial charge on any atom is -0.393 e. The Morgan fingerprint density at radius 3 is 1.95 bits per heavy atom. The molecule has 12 heteroatoms.